The summed E-state index contributed by atoms with van der Waals surface area (Å²) < 4.78 is 28.7. The number of hydrogen-bond donors (Lipinski definition) is 0. The molecule has 6 nitrogen and oxygen atoms in total. The van der Waals surface area contributed by atoms with Gasteiger partial charge in [0.15, 0.2) is 0 Å². The maximum absolute atomic E-state index is 13.5. The fraction of sp³-hybridized carbons (Fsp3) is 0.500. The molecular weight excluding hydrogens is 384 g/mol. The van der Waals surface area contributed by atoms with E-state index in [9.17, 15) is 8.42 Å². The SMILES string of the molecule is Cc1ccc(S(=O)(=O)N2CCCCC2c2cccnc2N2CCN(C)CC2)cc1. The molecular formula is C22H30N4O2S. The molecule has 1 aromatic heterocycles. The molecule has 0 N–H and O–H groups in total. The van der Waals surface area contributed by atoms with Crippen LogP contribution in [-0.2, 0) is 10.0 Å². The van der Waals surface area contributed by atoms with Gasteiger partial charge in [-0.15, -0.1) is 0 Å². The molecule has 0 bridgehead atoms. The van der Waals surface area contributed by atoms with Gasteiger partial charge in [0.1, 0.15) is 5.82 Å². The van der Waals surface area contributed by atoms with Crippen molar-refractivity contribution in [2.45, 2.75) is 37.1 Å². The third-order valence-corrected chi connectivity index (χ3v) is 7.98. The quantitative estimate of drug-likeness (QED) is 0.770. The molecule has 4 rings (SSSR count). The largest absolute Gasteiger partial charge is 0.354 e. The number of aromatic nitrogens is 1. The number of aryl methyl sites for hydroxylation is 1. The van der Waals surface area contributed by atoms with Crippen LogP contribution in [0.4, 0.5) is 5.82 Å². The molecule has 2 saturated heterocycles. The van der Waals surface area contributed by atoms with E-state index in [1.54, 1.807) is 16.4 Å². The van der Waals surface area contributed by atoms with Crippen LogP contribution in [0.15, 0.2) is 47.5 Å². The van der Waals surface area contributed by atoms with Gasteiger partial charge in [-0.2, -0.15) is 4.31 Å². The normalized spacial score (nSPS) is 22.0. The first-order valence-corrected chi connectivity index (χ1v) is 11.9. The lowest BCUT2D eigenvalue weighted by Gasteiger charge is -2.39. The maximum Gasteiger partial charge on any atom is 0.243 e. The van der Waals surface area contributed by atoms with Crippen molar-refractivity contribution in [1.82, 2.24) is 14.2 Å². The van der Waals surface area contributed by atoms with Crippen LogP contribution in [0.5, 0.6) is 0 Å². The zero-order valence-electron chi connectivity index (χ0n) is 17.3. The summed E-state index contributed by atoms with van der Waals surface area (Å²) in [7, 11) is -1.42. The van der Waals surface area contributed by atoms with E-state index in [1.807, 2.05) is 31.3 Å². The van der Waals surface area contributed by atoms with E-state index in [0.717, 1.165) is 62.4 Å². The number of pyridine rings is 1. The minimum Gasteiger partial charge on any atom is -0.354 e. The Hall–Kier alpha value is -1.96. The Balaban J connectivity index is 1.69. The second kappa shape index (κ2) is 8.42. The van der Waals surface area contributed by atoms with Gasteiger partial charge in [-0.25, -0.2) is 13.4 Å². The highest BCUT2D eigenvalue weighted by Gasteiger charge is 2.36. The third kappa shape index (κ3) is 4.17. The van der Waals surface area contributed by atoms with E-state index in [0.29, 0.717) is 11.4 Å². The van der Waals surface area contributed by atoms with Crippen LogP contribution in [0.25, 0.3) is 0 Å². The Labute approximate surface area is 174 Å². The van der Waals surface area contributed by atoms with E-state index in [1.165, 1.54) is 0 Å². The molecule has 0 saturated carbocycles. The standard InChI is InChI=1S/C22H30N4O2S/c1-18-8-10-19(11-9-18)29(27,28)26-13-4-3-7-21(26)20-6-5-12-23-22(20)25-16-14-24(2)15-17-25/h5-6,8-12,21H,3-4,7,13-17H2,1-2H3. The van der Waals surface area contributed by atoms with Crippen LogP contribution in [-0.4, -0.2) is 62.4 Å². The molecule has 0 aliphatic carbocycles. The summed E-state index contributed by atoms with van der Waals surface area (Å²) in [4.78, 5) is 9.68. The number of piperazine rings is 1. The number of hydrogen-bond acceptors (Lipinski definition) is 5. The molecule has 3 heterocycles. The van der Waals surface area contributed by atoms with Crippen LogP contribution in [0.2, 0.25) is 0 Å². The fourth-order valence-corrected chi connectivity index (χ4v) is 5.98. The maximum atomic E-state index is 13.5. The van der Waals surface area contributed by atoms with Gasteiger partial charge in [-0.1, -0.05) is 30.2 Å². The first-order chi connectivity index (χ1) is 14.0. The highest BCUT2D eigenvalue weighted by molar-refractivity contribution is 7.89. The predicted molar refractivity (Wildman–Crippen MR) is 116 cm³/mol. The third-order valence-electron chi connectivity index (χ3n) is 6.06. The lowest BCUT2D eigenvalue weighted by Crippen LogP contribution is -2.46. The van der Waals surface area contributed by atoms with E-state index in [2.05, 4.69) is 27.9 Å². The second-order valence-electron chi connectivity index (χ2n) is 8.15. The minimum absolute atomic E-state index is 0.168. The first kappa shape index (κ1) is 20.3. The van der Waals surface area contributed by atoms with Crippen molar-refractivity contribution >= 4 is 15.8 Å². The van der Waals surface area contributed by atoms with Gasteiger partial charge < -0.3 is 9.80 Å². The number of likely N-dealkylation sites (N-methyl/N-ethyl adjacent to an activating group) is 1. The van der Waals surface area contributed by atoms with Gasteiger partial charge >= 0.3 is 0 Å². The zero-order valence-corrected chi connectivity index (χ0v) is 18.1. The summed E-state index contributed by atoms with van der Waals surface area (Å²) in [5, 5.41) is 0. The average molecular weight is 415 g/mol. The van der Waals surface area contributed by atoms with Crippen molar-refractivity contribution in [1.29, 1.82) is 0 Å². The van der Waals surface area contributed by atoms with Gasteiger partial charge in [-0.3, -0.25) is 0 Å². The van der Waals surface area contributed by atoms with Crippen molar-refractivity contribution in [2.24, 2.45) is 0 Å². The molecule has 29 heavy (non-hydrogen) atoms. The van der Waals surface area contributed by atoms with Crippen molar-refractivity contribution < 1.29 is 8.42 Å². The fourth-order valence-electron chi connectivity index (χ4n) is 4.30. The first-order valence-electron chi connectivity index (χ1n) is 10.4. The van der Waals surface area contributed by atoms with E-state index in [-0.39, 0.29) is 6.04 Å². The Morgan fingerprint density at radius 2 is 1.69 bits per heavy atom. The van der Waals surface area contributed by atoms with Crippen molar-refractivity contribution in [3.8, 4) is 0 Å². The molecule has 2 aromatic rings. The van der Waals surface area contributed by atoms with Crippen molar-refractivity contribution in [3.63, 3.8) is 0 Å². The Morgan fingerprint density at radius 1 is 0.966 bits per heavy atom. The Bertz CT molecular complexity index is 938. The number of piperidine rings is 1. The molecule has 1 aromatic carbocycles. The van der Waals surface area contributed by atoms with Crippen molar-refractivity contribution in [2.75, 3.05) is 44.7 Å². The van der Waals surface area contributed by atoms with E-state index >= 15 is 0 Å². The van der Waals surface area contributed by atoms with Gasteiger partial charge in [0, 0.05) is 44.5 Å². The van der Waals surface area contributed by atoms with Crippen LogP contribution in [0.1, 0.15) is 36.4 Å². The molecule has 0 amide bonds. The summed E-state index contributed by atoms with van der Waals surface area (Å²) in [6.07, 6.45) is 4.57. The van der Waals surface area contributed by atoms with E-state index in [4.69, 9.17) is 0 Å². The number of rotatable bonds is 4. The van der Waals surface area contributed by atoms with Gasteiger partial charge in [0.05, 0.1) is 10.9 Å². The average Bonchev–Trinajstić information content (AvgIpc) is 2.75. The lowest BCUT2D eigenvalue weighted by molar-refractivity contribution is 0.254. The lowest BCUT2D eigenvalue weighted by atomic mass is 9.97. The summed E-state index contributed by atoms with van der Waals surface area (Å²) >= 11 is 0. The Kier molecular flexibility index (Phi) is 5.90. The highest BCUT2D eigenvalue weighted by atomic mass is 32.2. The molecule has 0 spiro atoms. The van der Waals surface area contributed by atoms with Crippen LogP contribution < -0.4 is 4.90 Å². The molecule has 0 radical (unpaired) electrons. The molecule has 156 valence electrons. The zero-order chi connectivity index (χ0) is 20.4. The monoisotopic (exact) mass is 414 g/mol. The topological polar surface area (TPSA) is 56.8 Å². The Morgan fingerprint density at radius 3 is 2.41 bits per heavy atom. The molecule has 1 atom stereocenters. The number of benzene rings is 1. The summed E-state index contributed by atoms with van der Waals surface area (Å²) in [6.45, 7) is 6.34. The predicted octanol–water partition coefficient (Wildman–Crippen LogP) is 3.06. The molecule has 2 aliphatic rings. The molecule has 2 fully saturated rings. The van der Waals surface area contributed by atoms with E-state index < -0.39 is 10.0 Å². The van der Waals surface area contributed by atoms with Crippen molar-refractivity contribution in [3.05, 3.63) is 53.7 Å². The summed E-state index contributed by atoms with van der Waals surface area (Å²) in [5.74, 6) is 0.941. The van der Waals surface area contributed by atoms with Crippen LogP contribution in [0, 0.1) is 6.92 Å². The number of sulfonamides is 1. The second-order valence-corrected chi connectivity index (χ2v) is 10.0. The summed E-state index contributed by atoms with van der Waals surface area (Å²) in [6, 6.07) is 11.0. The minimum atomic E-state index is -3.55. The highest BCUT2D eigenvalue weighted by Crippen LogP contribution is 2.39. The number of nitrogens with zero attached hydrogens (tertiary/aromatic N) is 4. The van der Waals surface area contributed by atoms with Gasteiger partial charge in [-0.05, 0) is 45.0 Å². The molecule has 1 unspecified atom stereocenters. The van der Waals surface area contributed by atoms with Gasteiger partial charge in [0.2, 0.25) is 10.0 Å². The van der Waals surface area contributed by atoms with Crippen LogP contribution in [0.3, 0.4) is 0 Å². The van der Waals surface area contributed by atoms with Crippen LogP contribution >= 0.6 is 0 Å². The number of anilines is 1. The smallest absolute Gasteiger partial charge is 0.243 e. The molecule has 7 heteroatoms. The summed E-state index contributed by atoms with van der Waals surface area (Å²) in [5.41, 5.74) is 2.09. The molecule has 2 aliphatic heterocycles. The van der Waals surface area contributed by atoms with Gasteiger partial charge in [0.25, 0.3) is 0 Å².